The molecule has 1 amide bonds. The van der Waals surface area contributed by atoms with Crippen LogP contribution in [0.3, 0.4) is 0 Å². The minimum atomic E-state index is -0.402. The quantitative estimate of drug-likeness (QED) is 0.526. The topological polar surface area (TPSA) is 29.1 Å². The van der Waals surface area contributed by atoms with Gasteiger partial charge in [-0.05, 0) is 12.8 Å². The van der Waals surface area contributed by atoms with Crippen LogP contribution >= 0.6 is 0 Å². The number of halogens is 1. The van der Waals surface area contributed by atoms with Crippen LogP contribution < -0.4 is 26.5 Å². The minimum absolute atomic E-state index is 0.206. The Morgan fingerprint density at radius 1 is 0.800 bits per heavy atom. The molecule has 2 aromatic carbocycles. The van der Waals surface area contributed by atoms with E-state index in [4.69, 9.17) is 0 Å². The standard InChI is InChI=1S/C22H13INO/c1-2-3-4-5-6-7-11-14-22(25)24-21-17-15-20(16-18-21)23-19-12-9-8-10-13-19/h8-10,12-13,15-18H,1H3,(H,24,25)/q-1. The fourth-order valence-corrected chi connectivity index (χ4v) is 3.85. The number of carbonyl (C=O) groups excluding carboxylic acids is 1. The van der Waals surface area contributed by atoms with Crippen molar-refractivity contribution < 1.29 is 26.0 Å². The van der Waals surface area contributed by atoms with Crippen molar-refractivity contribution in [1.29, 1.82) is 0 Å². The normalized spacial score (nSPS) is 8.20. The Kier molecular flexibility index (Phi) is 7.74. The maximum absolute atomic E-state index is 11.7. The van der Waals surface area contributed by atoms with Gasteiger partial charge in [0.15, 0.2) is 0 Å². The van der Waals surface area contributed by atoms with Crippen molar-refractivity contribution in [2.45, 2.75) is 6.92 Å². The zero-order valence-corrected chi connectivity index (χ0v) is 15.6. The van der Waals surface area contributed by atoms with Gasteiger partial charge in [-0.15, -0.1) is 0 Å². The van der Waals surface area contributed by atoms with Crippen molar-refractivity contribution in [3.63, 3.8) is 0 Å². The van der Waals surface area contributed by atoms with Crippen LogP contribution in [0, 0.1) is 54.5 Å². The van der Waals surface area contributed by atoms with E-state index in [9.17, 15) is 4.79 Å². The van der Waals surface area contributed by atoms with Gasteiger partial charge in [0.1, 0.15) is 0 Å². The first kappa shape index (κ1) is 18.2. The van der Waals surface area contributed by atoms with E-state index < -0.39 is 5.91 Å². The molecule has 0 aromatic heterocycles. The number of hydrogen-bond donors (Lipinski definition) is 1. The third-order valence-corrected chi connectivity index (χ3v) is 5.35. The summed E-state index contributed by atoms with van der Waals surface area (Å²) in [6.45, 7) is 1.70. The summed E-state index contributed by atoms with van der Waals surface area (Å²) in [5, 5.41) is 2.72. The van der Waals surface area contributed by atoms with Gasteiger partial charge in [-0.1, -0.05) is 5.92 Å². The van der Waals surface area contributed by atoms with E-state index in [1.54, 1.807) is 6.92 Å². The summed E-state index contributed by atoms with van der Waals surface area (Å²) < 4.78 is 2.64. The van der Waals surface area contributed by atoms with Crippen molar-refractivity contribution in [1.82, 2.24) is 0 Å². The van der Waals surface area contributed by atoms with E-state index in [1.165, 1.54) is 7.14 Å². The fraction of sp³-hybridized carbons (Fsp3) is 0.0455. The molecule has 0 aliphatic rings. The second-order valence-electron chi connectivity index (χ2n) is 4.48. The van der Waals surface area contributed by atoms with Crippen LogP contribution in [0.4, 0.5) is 5.69 Å². The molecule has 2 aromatic rings. The Morgan fingerprint density at radius 2 is 1.40 bits per heavy atom. The van der Waals surface area contributed by atoms with Crippen LogP contribution in [-0.4, -0.2) is 5.91 Å². The van der Waals surface area contributed by atoms with Gasteiger partial charge >= 0.3 is 140 Å². The molecule has 0 heterocycles. The molecular weight excluding hydrogens is 421 g/mol. The number of rotatable bonds is 3. The van der Waals surface area contributed by atoms with E-state index in [0.29, 0.717) is 5.69 Å². The number of benzene rings is 2. The maximum atomic E-state index is 11.7. The molecule has 0 bridgehead atoms. The molecular formula is C22H13INO-. The van der Waals surface area contributed by atoms with E-state index in [0.717, 1.165) is 0 Å². The van der Waals surface area contributed by atoms with Gasteiger partial charge in [0.05, 0.1) is 0 Å². The zero-order chi connectivity index (χ0) is 17.7. The van der Waals surface area contributed by atoms with Gasteiger partial charge in [-0.25, -0.2) is 0 Å². The average Bonchev–Trinajstić information content (AvgIpc) is 2.63. The summed E-state index contributed by atoms with van der Waals surface area (Å²) in [4.78, 5) is 11.7. The summed E-state index contributed by atoms with van der Waals surface area (Å²) in [6, 6.07) is 18.2. The molecule has 0 saturated heterocycles. The second-order valence-corrected chi connectivity index (χ2v) is 7.51. The predicted molar refractivity (Wildman–Crippen MR) is 95.7 cm³/mol. The van der Waals surface area contributed by atoms with Crippen molar-refractivity contribution in [2.24, 2.45) is 0 Å². The Labute approximate surface area is 158 Å². The summed E-state index contributed by atoms with van der Waals surface area (Å²) in [5.41, 5.74) is 0.714. The number of amides is 1. The van der Waals surface area contributed by atoms with Crippen LogP contribution in [0.1, 0.15) is 6.92 Å². The van der Waals surface area contributed by atoms with Crippen molar-refractivity contribution in [3.8, 4) is 47.4 Å². The fourth-order valence-electron chi connectivity index (χ4n) is 1.64. The van der Waals surface area contributed by atoms with Crippen LogP contribution in [0.25, 0.3) is 0 Å². The molecule has 0 aliphatic heterocycles. The molecule has 2 nitrogen and oxygen atoms in total. The summed E-state index contributed by atoms with van der Waals surface area (Å²) in [7, 11) is 0. The van der Waals surface area contributed by atoms with Gasteiger partial charge in [0.25, 0.3) is 0 Å². The molecule has 0 atom stereocenters. The summed E-state index contributed by atoms with van der Waals surface area (Å²) in [5.74, 6) is 19.7. The van der Waals surface area contributed by atoms with Crippen LogP contribution in [0.15, 0.2) is 54.6 Å². The Bertz CT molecular complexity index is 977. The van der Waals surface area contributed by atoms with E-state index in [-0.39, 0.29) is 21.2 Å². The Balaban J connectivity index is 1.89. The van der Waals surface area contributed by atoms with Crippen LogP contribution in [0.5, 0.6) is 0 Å². The van der Waals surface area contributed by atoms with Gasteiger partial charge < -0.3 is 0 Å². The molecule has 0 saturated carbocycles. The molecule has 120 valence electrons. The first-order valence-corrected chi connectivity index (χ1v) is 9.47. The Hall–Kier alpha value is -3.12. The average molecular weight is 434 g/mol. The number of anilines is 1. The van der Waals surface area contributed by atoms with E-state index in [2.05, 4.69) is 64.8 Å². The van der Waals surface area contributed by atoms with Crippen molar-refractivity contribution >= 4 is 11.6 Å². The van der Waals surface area contributed by atoms with Crippen LogP contribution in [0.2, 0.25) is 0 Å². The van der Waals surface area contributed by atoms with Crippen molar-refractivity contribution in [3.05, 3.63) is 61.7 Å². The summed E-state index contributed by atoms with van der Waals surface area (Å²) in [6.07, 6.45) is 0. The summed E-state index contributed by atoms with van der Waals surface area (Å²) >= 11 is -0.206. The molecule has 3 heteroatoms. The molecule has 0 spiro atoms. The predicted octanol–water partition coefficient (Wildman–Crippen LogP) is -0.213. The van der Waals surface area contributed by atoms with E-state index in [1.807, 2.05) is 42.5 Å². The first-order valence-electron chi connectivity index (χ1n) is 7.31. The first-order chi connectivity index (χ1) is 12.3. The third-order valence-electron chi connectivity index (χ3n) is 2.67. The van der Waals surface area contributed by atoms with Gasteiger partial charge in [-0.2, -0.15) is 0 Å². The van der Waals surface area contributed by atoms with Gasteiger partial charge in [0, 0.05) is 0 Å². The second kappa shape index (κ2) is 10.6. The Morgan fingerprint density at radius 3 is 2.08 bits per heavy atom. The monoisotopic (exact) mass is 434 g/mol. The molecule has 0 fully saturated rings. The molecule has 25 heavy (non-hydrogen) atoms. The molecule has 2 rings (SSSR count). The number of nitrogens with one attached hydrogen (secondary N) is 1. The molecule has 0 unspecified atom stereocenters. The molecule has 1 N–H and O–H groups in total. The SMILES string of the molecule is CC#CC#CC#CC#CC(=O)Nc1ccc([I-]c2ccccc2)cc1. The van der Waals surface area contributed by atoms with Crippen molar-refractivity contribution in [2.75, 3.05) is 5.32 Å². The van der Waals surface area contributed by atoms with E-state index >= 15 is 0 Å². The molecule has 0 radical (unpaired) electrons. The van der Waals surface area contributed by atoms with Gasteiger partial charge in [-0.3, -0.25) is 0 Å². The van der Waals surface area contributed by atoms with Gasteiger partial charge in [0.2, 0.25) is 0 Å². The molecule has 0 aliphatic carbocycles. The third kappa shape index (κ3) is 7.32. The number of carbonyl (C=O) groups is 1. The zero-order valence-electron chi connectivity index (χ0n) is 13.5. The van der Waals surface area contributed by atoms with Crippen LogP contribution in [-0.2, 0) is 4.79 Å². The number of hydrogen-bond acceptors (Lipinski definition) is 1.